The minimum absolute atomic E-state index is 0.189. The molecule has 7 heteroatoms. The van der Waals surface area contributed by atoms with Crippen molar-refractivity contribution >= 4 is 17.9 Å². The maximum absolute atomic E-state index is 11.9. The Hall–Kier alpha value is -1.79. The quantitative estimate of drug-likeness (QED) is 0.495. The minimum atomic E-state index is -0.989. The Bertz CT molecular complexity index is 334. The predicted octanol–water partition coefficient (Wildman–Crippen LogP) is 1.06. The summed E-state index contributed by atoms with van der Waals surface area (Å²) in [6, 6.07) is -0.989. The van der Waals surface area contributed by atoms with Crippen LogP contribution in [0.1, 0.15) is 52.4 Å². The van der Waals surface area contributed by atoms with Gasteiger partial charge in [0.15, 0.2) is 0 Å². The van der Waals surface area contributed by atoms with Gasteiger partial charge in [-0.15, -0.1) is 0 Å². The molecule has 122 valence electrons. The molecule has 0 unspecified atom stereocenters. The van der Waals surface area contributed by atoms with Gasteiger partial charge in [-0.2, -0.15) is 0 Å². The van der Waals surface area contributed by atoms with Crippen LogP contribution in [0.15, 0.2) is 0 Å². The minimum Gasteiger partial charge on any atom is -0.450 e. The third-order valence-electron chi connectivity index (χ3n) is 2.87. The van der Waals surface area contributed by atoms with Gasteiger partial charge in [0.2, 0.25) is 11.8 Å². The average molecular weight is 301 g/mol. The van der Waals surface area contributed by atoms with Crippen LogP contribution in [0.4, 0.5) is 4.79 Å². The molecule has 1 atom stereocenters. The van der Waals surface area contributed by atoms with Crippen LogP contribution in [-0.2, 0) is 14.3 Å². The van der Waals surface area contributed by atoms with Crippen LogP contribution in [-0.4, -0.2) is 37.1 Å². The molecule has 0 fully saturated rings. The monoisotopic (exact) mass is 301 g/mol. The molecule has 0 heterocycles. The summed E-state index contributed by atoms with van der Waals surface area (Å²) in [5.74, 6) is -1.08. The standard InChI is InChI=1S/C14H27N3O4/c1-3-5-6-7-8-9-16-13(19)11(10-12(15)18)17-14(20)21-4-2/h11H,3-10H2,1-2H3,(H2,15,18)(H,16,19)(H,17,20)/t11-/m0/s1. The summed E-state index contributed by atoms with van der Waals surface area (Å²) in [5, 5.41) is 5.03. The number of primary amides is 1. The number of carbonyl (C=O) groups excluding carboxylic acids is 3. The number of unbranched alkanes of at least 4 members (excludes halogenated alkanes) is 4. The number of carbonyl (C=O) groups is 3. The average Bonchev–Trinajstić information content (AvgIpc) is 2.41. The third kappa shape index (κ3) is 10.6. The summed E-state index contributed by atoms with van der Waals surface area (Å²) in [7, 11) is 0. The smallest absolute Gasteiger partial charge is 0.407 e. The zero-order valence-electron chi connectivity index (χ0n) is 12.9. The molecule has 0 aliphatic rings. The van der Waals surface area contributed by atoms with Crippen LogP contribution in [0.25, 0.3) is 0 Å². The molecular formula is C14H27N3O4. The topological polar surface area (TPSA) is 111 Å². The number of alkyl carbamates (subject to hydrolysis) is 1. The summed E-state index contributed by atoms with van der Waals surface area (Å²) in [6.07, 6.45) is 4.41. The SMILES string of the molecule is CCCCCCCNC(=O)[C@H](CC(N)=O)NC(=O)OCC. The van der Waals surface area contributed by atoms with Crippen molar-refractivity contribution in [1.82, 2.24) is 10.6 Å². The van der Waals surface area contributed by atoms with E-state index in [4.69, 9.17) is 10.5 Å². The molecule has 0 aromatic rings. The van der Waals surface area contributed by atoms with Crippen molar-refractivity contribution < 1.29 is 19.1 Å². The van der Waals surface area contributed by atoms with E-state index in [1.165, 1.54) is 6.42 Å². The van der Waals surface area contributed by atoms with Crippen LogP contribution in [0, 0.1) is 0 Å². The highest BCUT2D eigenvalue weighted by Gasteiger charge is 2.22. The molecule has 4 N–H and O–H groups in total. The first-order valence-corrected chi connectivity index (χ1v) is 7.50. The lowest BCUT2D eigenvalue weighted by Gasteiger charge is -2.16. The van der Waals surface area contributed by atoms with E-state index in [9.17, 15) is 14.4 Å². The highest BCUT2D eigenvalue weighted by Crippen LogP contribution is 2.01. The molecule has 0 aromatic heterocycles. The van der Waals surface area contributed by atoms with E-state index in [1.54, 1.807) is 6.92 Å². The molecule has 0 spiro atoms. The molecule has 7 nitrogen and oxygen atoms in total. The van der Waals surface area contributed by atoms with Crippen LogP contribution in [0.2, 0.25) is 0 Å². The van der Waals surface area contributed by atoms with Crippen molar-refractivity contribution in [2.75, 3.05) is 13.2 Å². The highest BCUT2D eigenvalue weighted by atomic mass is 16.5. The Balaban J connectivity index is 4.13. The lowest BCUT2D eigenvalue weighted by atomic mass is 10.1. The van der Waals surface area contributed by atoms with Gasteiger partial charge in [-0.05, 0) is 13.3 Å². The van der Waals surface area contributed by atoms with Gasteiger partial charge in [-0.25, -0.2) is 4.79 Å². The van der Waals surface area contributed by atoms with Crippen molar-refractivity contribution in [3.8, 4) is 0 Å². The first-order chi connectivity index (χ1) is 10.0. The lowest BCUT2D eigenvalue weighted by Crippen LogP contribution is -2.48. The summed E-state index contributed by atoms with van der Waals surface area (Å²) in [6.45, 7) is 4.49. The van der Waals surface area contributed by atoms with Gasteiger partial charge in [-0.1, -0.05) is 32.6 Å². The number of rotatable bonds is 11. The summed E-state index contributed by atoms with van der Waals surface area (Å²) >= 11 is 0. The number of nitrogens with one attached hydrogen (secondary N) is 2. The Kier molecular flexibility index (Phi) is 11.0. The molecule has 21 heavy (non-hydrogen) atoms. The second-order valence-corrected chi connectivity index (χ2v) is 4.79. The molecule has 0 aromatic carbocycles. The maximum Gasteiger partial charge on any atom is 0.407 e. The lowest BCUT2D eigenvalue weighted by molar-refractivity contribution is -0.127. The highest BCUT2D eigenvalue weighted by molar-refractivity contribution is 5.90. The summed E-state index contributed by atoms with van der Waals surface area (Å²) in [5.41, 5.74) is 5.08. The van der Waals surface area contributed by atoms with Crippen LogP contribution < -0.4 is 16.4 Å². The van der Waals surface area contributed by atoms with Gasteiger partial charge < -0.3 is 21.1 Å². The number of hydrogen-bond acceptors (Lipinski definition) is 4. The van der Waals surface area contributed by atoms with E-state index in [0.29, 0.717) is 6.54 Å². The Morgan fingerprint density at radius 2 is 1.76 bits per heavy atom. The van der Waals surface area contributed by atoms with Gasteiger partial charge in [-0.3, -0.25) is 9.59 Å². The molecular weight excluding hydrogens is 274 g/mol. The molecule has 0 radical (unpaired) electrons. The first-order valence-electron chi connectivity index (χ1n) is 7.50. The van der Waals surface area contributed by atoms with E-state index >= 15 is 0 Å². The fraction of sp³-hybridized carbons (Fsp3) is 0.786. The van der Waals surface area contributed by atoms with Crippen molar-refractivity contribution in [1.29, 1.82) is 0 Å². The fourth-order valence-corrected chi connectivity index (χ4v) is 1.79. The molecule has 0 rings (SSSR count). The molecule has 0 saturated carbocycles. The fourth-order valence-electron chi connectivity index (χ4n) is 1.79. The van der Waals surface area contributed by atoms with E-state index < -0.39 is 23.9 Å². The van der Waals surface area contributed by atoms with Crippen molar-refractivity contribution in [2.45, 2.75) is 58.4 Å². The normalized spacial score (nSPS) is 11.5. The van der Waals surface area contributed by atoms with Crippen molar-refractivity contribution in [3.05, 3.63) is 0 Å². The molecule has 0 saturated heterocycles. The molecule has 0 aliphatic carbocycles. The molecule has 0 aliphatic heterocycles. The summed E-state index contributed by atoms with van der Waals surface area (Å²) < 4.78 is 4.69. The van der Waals surface area contributed by atoms with Crippen LogP contribution in [0.3, 0.4) is 0 Å². The Morgan fingerprint density at radius 1 is 1.10 bits per heavy atom. The van der Waals surface area contributed by atoms with E-state index in [2.05, 4.69) is 17.6 Å². The van der Waals surface area contributed by atoms with Gasteiger partial charge in [0.1, 0.15) is 6.04 Å². The summed E-state index contributed by atoms with van der Waals surface area (Å²) in [4.78, 5) is 34.2. The van der Waals surface area contributed by atoms with Gasteiger partial charge in [0.05, 0.1) is 13.0 Å². The Labute approximate surface area is 126 Å². The van der Waals surface area contributed by atoms with Crippen molar-refractivity contribution in [3.63, 3.8) is 0 Å². The van der Waals surface area contributed by atoms with Crippen LogP contribution in [0.5, 0.6) is 0 Å². The predicted molar refractivity (Wildman–Crippen MR) is 79.5 cm³/mol. The third-order valence-corrected chi connectivity index (χ3v) is 2.87. The van der Waals surface area contributed by atoms with E-state index in [-0.39, 0.29) is 13.0 Å². The van der Waals surface area contributed by atoms with E-state index in [0.717, 1.165) is 25.7 Å². The number of amides is 3. The number of ether oxygens (including phenoxy) is 1. The largest absolute Gasteiger partial charge is 0.450 e. The number of hydrogen-bond donors (Lipinski definition) is 3. The zero-order valence-corrected chi connectivity index (χ0v) is 12.9. The molecule has 0 bridgehead atoms. The van der Waals surface area contributed by atoms with Crippen LogP contribution >= 0.6 is 0 Å². The van der Waals surface area contributed by atoms with Gasteiger partial charge in [0, 0.05) is 6.54 Å². The van der Waals surface area contributed by atoms with Gasteiger partial charge >= 0.3 is 6.09 Å². The zero-order chi connectivity index (χ0) is 16.1. The molecule has 3 amide bonds. The maximum atomic E-state index is 11.9. The first kappa shape index (κ1) is 19.2. The van der Waals surface area contributed by atoms with Gasteiger partial charge in [0.25, 0.3) is 0 Å². The number of nitrogens with two attached hydrogens (primary N) is 1. The Morgan fingerprint density at radius 3 is 2.33 bits per heavy atom. The van der Waals surface area contributed by atoms with E-state index in [1.807, 2.05) is 0 Å². The second kappa shape index (κ2) is 12.0. The second-order valence-electron chi connectivity index (χ2n) is 4.79. The van der Waals surface area contributed by atoms with Crippen molar-refractivity contribution in [2.24, 2.45) is 5.73 Å².